The lowest BCUT2D eigenvalue weighted by Gasteiger charge is -2.35. The van der Waals surface area contributed by atoms with Crippen LogP contribution in [0.15, 0.2) is 28.7 Å². The number of β-amino-alcohol motifs (C(OH)–C–C–N with tert-alkyl or cyclic N) is 1. The molecule has 3 heterocycles. The van der Waals surface area contributed by atoms with Gasteiger partial charge in [-0.05, 0) is 26.8 Å². The number of pyridine rings is 1. The number of aliphatic hydroxyl groups is 1. The molecule has 0 aromatic carbocycles. The molecule has 0 bridgehead atoms. The van der Waals surface area contributed by atoms with Crippen LogP contribution in [0.1, 0.15) is 32.3 Å². The standard InChI is InChI=1S/C23H36N4O5/c1-16-11-17(12-25-22(16)29-4)26-20-6-9-30-8-5-19(20)21(24)32-14-18-13-27(7-10-31-18)15-23(2,3)28/h11-12,18,28H,5-10,13-15,24H2,1-4H3/t18-/m0/s1. The maximum Gasteiger partial charge on any atom is 0.216 e. The first-order valence-corrected chi connectivity index (χ1v) is 11.1. The molecular weight excluding hydrogens is 412 g/mol. The summed E-state index contributed by atoms with van der Waals surface area (Å²) in [5, 5.41) is 10.1. The van der Waals surface area contributed by atoms with Gasteiger partial charge in [-0.3, -0.25) is 9.89 Å². The summed E-state index contributed by atoms with van der Waals surface area (Å²) in [5.41, 5.74) is 8.98. The number of methoxy groups -OCH3 is 1. The summed E-state index contributed by atoms with van der Waals surface area (Å²) >= 11 is 0. The molecule has 0 spiro atoms. The molecule has 0 aliphatic carbocycles. The number of aliphatic imine (C=N–C) groups is 1. The zero-order valence-corrected chi connectivity index (χ0v) is 19.6. The third-order valence-corrected chi connectivity index (χ3v) is 5.36. The number of morpholine rings is 1. The minimum atomic E-state index is -0.746. The molecule has 0 saturated carbocycles. The van der Waals surface area contributed by atoms with Gasteiger partial charge in [0.15, 0.2) is 5.88 Å². The van der Waals surface area contributed by atoms with E-state index in [4.69, 9.17) is 29.7 Å². The van der Waals surface area contributed by atoms with Gasteiger partial charge in [0.05, 0.1) is 50.1 Å². The molecule has 1 aromatic heterocycles. The smallest absolute Gasteiger partial charge is 0.216 e. The van der Waals surface area contributed by atoms with E-state index in [1.165, 1.54) is 0 Å². The molecule has 0 unspecified atom stereocenters. The predicted molar refractivity (Wildman–Crippen MR) is 122 cm³/mol. The molecule has 2 saturated heterocycles. The van der Waals surface area contributed by atoms with Crippen LogP contribution in [-0.2, 0) is 14.2 Å². The molecule has 3 rings (SSSR count). The highest BCUT2D eigenvalue weighted by Gasteiger charge is 2.26. The quantitative estimate of drug-likeness (QED) is 0.609. The van der Waals surface area contributed by atoms with E-state index in [-0.39, 0.29) is 6.10 Å². The van der Waals surface area contributed by atoms with Gasteiger partial charge in [-0.25, -0.2) is 4.98 Å². The first kappa shape index (κ1) is 24.4. The van der Waals surface area contributed by atoms with Crippen LogP contribution in [0, 0.1) is 6.92 Å². The monoisotopic (exact) mass is 448 g/mol. The third kappa shape index (κ3) is 7.16. The van der Waals surface area contributed by atoms with Gasteiger partial charge in [0.2, 0.25) is 5.88 Å². The van der Waals surface area contributed by atoms with E-state index in [1.54, 1.807) is 13.3 Å². The van der Waals surface area contributed by atoms with Crippen molar-refractivity contribution in [3.63, 3.8) is 0 Å². The van der Waals surface area contributed by atoms with Crippen molar-refractivity contribution >= 4 is 11.4 Å². The Morgan fingerprint density at radius 3 is 2.84 bits per heavy atom. The molecule has 9 heteroatoms. The summed E-state index contributed by atoms with van der Waals surface area (Å²) in [5.74, 6) is 0.943. The Labute approximate surface area is 190 Å². The molecule has 32 heavy (non-hydrogen) atoms. The molecule has 2 aliphatic rings. The van der Waals surface area contributed by atoms with E-state index >= 15 is 0 Å². The van der Waals surface area contributed by atoms with Crippen molar-refractivity contribution in [2.24, 2.45) is 10.7 Å². The van der Waals surface area contributed by atoms with E-state index in [9.17, 15) is 5.11 Å². The van der Waals surface area contributed by atoms with Crippen LogP contribution in [0.5, 0.6) is 5.88 Å². The fraction of sp³-hybridized carbons (Fsp3) is 0.652. The molecule has 0 amide bonds. The van der Waals surface area contributed by atoms with Gasteiger partial charge in [-0.15, -0.1) is 0 Å². The lowest BCUT2D eigenvalue weighted by atomic mass is 10.1. The Morgan fingerprint density at radius 1 is 1.34 bits per heavy atom. The number of rotatable bonds is 7. The summed E-state index contributed by atoms with van der Waals surface area (Å²) in [6.45, 7) is 9.72. The first-order chi connectivity index (χ1) is 15.2. The second-order valence-corrected chi connectivity index (χ2v) is 8.88. The van der Waals surface area contributed by atoms with Gasteiger partial charge in [-0.2, -0.15) is 0 Å². The van der Waals surface area contributed by atoms with Crippen molar-refractivity contribution < 1.29 is 24.1 Å². The van der Waals surface area contributed by atoms with Gasteiger partial charge in [0, 0.05) is 43.6 Å². The second-order valence-electron chi connectivity index (χ2n) is 8.88. The lowest BCUT2D eigenvalue weighted by molar-refractivity contribution is -0.0765. The van der Waals surface area contributed by atoms with Crippen LogP contribution in [0.4, 0.5) is 5.69 Å². The van der Waals surface area contributed by atoms with Crippen LogP contribution >= 0.6 is 0 Å². The van der Waals surface area contributed by atoms with Gasteiger partial charge in [-0.1, -0.05) is 0 Å². The van der Waals surface area contributed by atoms with E-state index in [0.717, 1.165) is 29.1 Å². The molecule has 1 atom stereocenters. The van der Waals surface area contributed by atoms with E-state index in [2.05, 4.69) is 9.88 Å². The van der Waals surface area contributed by atoms with Crippen molar-refractivity contribution in [1.29, 1.82) is 0 Å². The number of nitrogens with two attached hydrogens (primary N) is 1. The number of aromatic nitrogens is 1. The molecule has 2 aliphatic heterocycles. The number of nitrogens with zero attached hydrogens (tertiary/aromatic N) is 3. The van der Waals surface area contributed by atoms with Crippen molar-refractivity contribution in [1.82, 2.24) is 9.88 Å². The average Bonchev–Trinajstić information content (AvgIpc) is 2.97. The highest BCUT2D eigenvalue weighted by atomic mass is 16.5. The summed E-state index contributed by atoms with van der Waals surface area (Å²) in [4.78, 5) is 11.3. The summed E-state index contributed by atoms with van der Waals surface area (Å²) in [6.07, 6.45) is 2.85. The van der Waals surface area contributed by atoms with Gasteiger partial charge in [0.25, 0.3) is 0 Å². The summed E-state index contributed by atoms with van der Waals surface area (Å²) in [7, 11) is 1.60. The Kier molecular flexibility index (Phi) is 8.47. The minimum absolute atomic E-state index is 0.110. The predicted octanol–water partition coefficient (Wildman–Crippen LogP) is 1.94. The van der Waals surface area contributed by atoms with Gasteiger partial charge >= 0.3 is 0 Å². The van der Waals surface area contributed by atoms with Gasteiger partial charge in [0.1, 0.15) is 12.7 Å². The number of hydrogen-bond donors (Lipinski definition) is 2. The Hall–Kier alpha value is -2.20. The Balaban J connectivity index is 1.70. The topological polar surface area (TPSA) is 112 Å². The van der Waals surface area contributed by atoms with E-state index < -0.39 is 5.60 Å². The molecule has 2 fully saturated rings. The largest absolute Gasteiger partial charge is 0.481 e. The molecule has 178 valence electrons. The first-order valence-electron chi connectivity index (χ1n) is 11.1. The van der Waals surface area contributed by atoms with Crippen LogP contribution in [0.25, 0.3) is 0 Å². The maximum atomic E-state index is 10.1. The van der Waals surface area contributed by atoms with Crippen LogP contribution in [0.3, 0.4) is 0 Å². The second kappa shape index (κ2) is 11.1. The zero-order valence-electron chi connectivity index (χ0n) is 19.6. The van der Waals surface area contributed by atoms with Crippen molar-refractivity contribution in [3.8, 4) is 5.88 Å². The zero-order chi connectivity index (χ0) is 23.1. The SMILES string of the molecule is COc1ncc(N=C2CCOCCC2=C(N)OC[C@@H]2CN(CC(C)(C)O)CCO2)cc1C. The Bertz CT molecular complexity index is 834. The highest BCUT2D eigenvalue weighted by Crippen LogP contribution is 2.24. The summed E-state index contributed by atoms with van der Waals surface area (Å²) < 4.78 is 22.7. The fourth-order valence-electron chi connectivity index (χ4n) is 3.95. The van der Waals surface area contributed by atoms with Gasteiger partial charge < -0.3 is 29.8 Å². The normalized spacial score (nSPS) is 23.7. The van der Waals surface area contributed by atoms with Crippen molar-refractivity contribution in [3.05, 3.63) is 29.3 Å². The number of hydrogen-bond acceptors (Lipinski definition) is 9. The Morgan fingerprint density at radius 2 is 2.12 bits per heavy atom. The maximum absolute atomic E-state index is 10.1. The molecule has 1 aromatic rings. The highest BCUT2D eigenvalue weighted by molar-refractivity contribution is 6.02. The molecule has 0 radical (unpaired) electrons. The lowest BCUT2D eigenvalue weighted by Crippen LogP contribution is -2.49. The molecule has 9 nitrogen and oxygen atoms in total. The van der Waals surface area contributed by atoms with Crippen molar-refractivity contribution in [2.45, 2.75) is 45.3 Å². The average molecular weight is 449 g/mol. The third-order valence-electron chi connectivity index (χ3n) is 5.36. The van der Waals surface area contributed by atoms with Crippen LogP contribution < -0.4 is 10.5 Å². The number of aryl methyl sites for hydroxylation is 1. The van der Waals surface area contributed by atoms with E-state index in [0.29, 0.717) is 64.1 Å². The van der Waals surface area contributed by atoms with Crippen LogP contribution in [0.2, 0.25) is 0 Å². The summed E-state index contributed by atoms with van der Waals surface area (Å²) in [6, 6.07) is 1.94. The van der Waals surface area contributed by atoms with Crippen molar-refractivity contribution in [2.75, 3.05) is 53.2 Å². The van der Waals surface area contributed by atoms with Crippen LogP contribution in [-0.4, -0.2) is 85.6 Å². The van der Waals surface area contributed by atoms with E-state index in [1.807, 2.05) is 26.8 Å². The molecular formula is C23H36N4O5. The number of ether oxygens (including phenoxy) is 4. The minimum Gasteiger partial charge on any atom is -0.481 e. The molecule has 3 N–H and O–H groups in total. The fourth-order valence-corrected chi connectivity index (χ4v) is 3.95.